The molecule has 7 nitrogen and oxygen atoms in total. The molecule has 0 amide bonds. The van der Waals surface area contributed by atoms with Crippen LogP contribution in [0.15, 0.2) is 6.07 Å². The third-order valence-electron chi connectivity index (χ3n) is 1.71. The van der Waals surface area contributed by atoms with Crippen molar-refractivity contribution in [3.8, 4) is 5.88 Å². The SMILES string of the molecule is NCc1c(N)cc([N+](=O)[O-])nc1OC(F)(F)F. The molecule has 1 aromatic heterocycles. The highest BCUT2D eigenvalue weighted by atomic mass is 19.4. The van der Waals surface area contributed by atoms with E-state index in [2.05, 4.69) is 9.72 Å². The zero-order valence-corrected chi connectivity index (χ0v) is 8.19. The Kier molecular flexibility index (Phi) is 3.36. The number of rotatable bonds is 3. The first-order valence-electron chi connectivity index (χ1n) is 4.14. The number of alkyl halides is 3. The molecule has 4 N–H and O–H groups in total. The number of nitrogen functional groups attached to an aromatic ring is 1. The minimum absolute atomic E-state index is 0.243. The van der Waals surface area contributed by atoms with Crippen LogP contribution in [0.4, 0.5) is 24.7 Å². The first kappa shape index (κ1) is 13.0. The Labute approximate surface area is 92.3 Å². The van der Waals surface area contributed by atoms with Gasteiger partial charge >= 0.3 is 18.1 Å². The molecule has 0 spiro atoms. The minimum Gasteiger partial charge on any atom is -0.398 e. The molecule has 94 valence electrons. The van der Waals surface area contributed by atoms with Crippen molar-refractivity contribution in [2.24, 2.45) is 5.73 Å². The Balaban J connectivity index is 3.29. The maximum atomic E-state index is 12.0. The molecule has 0 atom stereocenters. The molecule has 0 unspecified atom stereocenters. The lowest BCUT2D eigenvalue weighted by Crippen LogP contribution is -2.20. The summed E-state index contributed by atoms with van der Waals surface area (Å²) in [5, 5.41) is 10.4. The summed E-state index contributed by atoms with van der Waals surface area (Å²) in [5.74, 6) is -1.86. The lowest BCUT2D eigenvalue weighted by atomic mass is 10.2. The normalized spacial score (nSPS) is 11.3. The van der Waals surface area contributed by atoms with Crippen molar-refractivity contribution >= 4 is 11.5 Å². The quantitative estimate of drug-likeness (QED) is 0.610. The average molecular weight is 252 g/mol. The van der Waals surface area contributed by atoms with E-state index >= 15 is 0 Å². The van der Waals surface area contributed by atoms with Gasteiger partial charge in [-0.1, -0.05) is 0 Å². The molecule has 0 aliphatic heterocycles. The third-order valence-corrected chi connectivity index (χ3v) is 1.71. The number of nitrogens with two attached hydrogens (primary N) is 2. The number of nitrogens with zero attached hydrogens (tertiary/aromatic N) is 2. The lowest BCUT2D eigenvalue weighted by Gasteiger charge is -2.09. The highest BCUT2D eigenvalue weighted by molar-refractivity contribution is 5.55. The average Bonchev–Trinajstić information content (AvgIpc) is 2.14. The topological polar surface area (TPSA) is 117 Å². The highest BCUT2D eigenvalue weighted by Gasteiger charge is 2.36. The van der Waals surface area contributed by atoms with Gasteiger partial charge in [-0.3, -0.25) is 0 Å². The summed E-state index contributed by atoms with van der Waals surface area (Å²) >= 11 is 0. The molecule has 1 rings (SSSR count). The van der Waals surface area contributed by atoms with Gasteiger partial charge in [-0.05, 0) is 4.92 Å². The molecule has 0 aromatic carbocycles. The van der Waals surface area contributed by atoms with Gasteiger partial charge in [-0.25, -0.2) is 0 Å². The fraction of sp³-hybridized carbons (Fsp3) is 0.286. The van der Waals surface area contributed by atoms with Gasteiger partial charge < -0.3 is 26.3 Å². The Morgan fingerprint density at radius 3 is 2.53 bits per heavy atom. The van der Waals surface area contributed by atoms with Crippen LogP contribution in [-0.4, -0.2) is 16.3 Å². The van der Waals surface area contributed by atoms with Crippen molar-refractivity contribution in [2.75, 3.05) is 5.73 Å². The van der Waals surface area contributed by atoms with E-state index in [9.17, 15) is 23.3 Å². The Bertz CT molecular complexity index is 449. The maximum absolute atomic E-state index is 12.0. The van der Waals surface area contributed by atoms with E-state index in [0.717, 1.165) is 6.07 Å². The van der Waals surface area contributed by atoms with Crippen LogP contribution in [0.25, 0.3) is 0 Å². The van der Waals surface area contributed by atoms with Gasteiger partial charge in [-0.2, -0.15) is 0 Å². The molecule has 10 heteroatoms. The zero-order chi connectivity index (χ0) is 13.2. The van der Waals surface area contributed by atoms with Crippen LogP contribution in [0.5, 0.6) is 5.88 Å². The number of aromatic nitrogens is 1. The van der Waals surface area contributed by atoms with Crippen molar-refractivity contribution in [3.05, 3.63) is 21.7 Å². The Hall–Kier alpha value is -2.10. The van der Waals surface area contributed by atoms with Crippen LogP contribution < -0.4 is 16.2 Å². The van der Waals surface area contributed by atoms with E-state index in [-0.39, 0.29) is 17.8 Å². The standard InChI is InChI=1S/C7H7F3N4O3/c8-7(9,10)17-6-3(2-11)4(12)1-5(13-6)14(15)16/h1H,2,11H2,(H2,12,13). The first-order valence-corrected chi connectivity index (χ1v) is 4.14. The molecule has 0 saturated carbocycles. The largest absolute Gasteiger partial charge is 0.575 e. The number of anilines is 1. The molecule has 17 heavy (non-hydrogen) atoms. The minimum atomic E-state index is -5.03. The molecule has 0 aliphatic rings. The van der Waals surface area contributed by atoms with Crippen LogP contribution in [-0.2, 0) is 6.54 Å². The molecule has 0 saturated heterocycles. The summed E-state index contributed by atoms with van der Waals surface area (Å²) in [6.45, 7) is -0.387. The molecule has 1 aromatic rings. The number of ether oxygens (including phenoxy) is 1. The molecular formula is C7H7F3N4O3. The summed E-state index contributed by atoms with van der Waals surface area (Å²) < 4.78 is 39.5. The molecule has 1 heterocycles. The van der Waals surface area contributed by atoms with Crippen LogP contribution in [0, 0.1) is 10.1 Å². The molecule has 0 radical (unpaired) electrons. The van der Waals surface area contributed by atoms with Crippen molar-refractivity contribution < 1.29 is 22.8 Å². The maximum Gasteiger partial charge on any atom is 0.575 e. The number of nitro groups is 1. The van der Waals surface area contributed by atoms with Gasteiger partial charge in [-0.15, -0.1) is 13.2 Å². The number of hydrogen-bond donors (Lipinski definition) is 2. The Morgan fingerprint density at radius 2 is 2.12 bits per heavy atom. The second kappa shape index (κ2) is 4.41. The summed E-state index contributed by atoms with van der Waals surface area (Å²) in [5.41, 5.74) is 9.95. The fourth-order valence-electron chi connectivity index (χ4n) is 1.05. The van der Waals surface area contributed by atoms with E-state index in [1.807, 2.05) is 0 Å². The molecule has 0 aliphatic carbocycles. The Morgan fingerprint density at radius 1 is 1.53 bits per heavy atom. The number of pyridine rings is 1. The van der Waals surface area contributed by atoms with E-state index in [1.165, 1.54) is 0 Å². The van der Waals surface area contributed by atoms with Crippen molar-refractivity contribution in [1.82, 2.24) is 4.98 Å². The second-order valence-corrected chi connectivity index (χ2v) is 2.86. The summed E-state index contributed by atoms with van der Waals surface area (Å²) in [6, 6.07) is 0.811. The van der Waals surface area contributed by atoms with Gasteiger partial charge in [0.25, 0.3) is 0 Å². The zero-order valence-electron chi connectivity index (χ0n) is 8.19. The van der Waals surface area contributed by atoms with Gasteiger partial charge in [0, 0.05) is 11.5 Å². The molecule has 0 fully saturated rings. The lowest BCUT2D eigenvalue weighted by molar-refractivity contribution is -0.389. The summed E-state index contributed by atoms with van der Waals surface area (Å²) in [7, 11) is 0. The fourth-order valence-corrected chi connectivity index (χ4v) is 1.05. The summed E-state index contributed by atoms with van der Waals surface area (Å²) in [4.78, 5) is 12.5. The number of hydrogen-bond acceptors (Lipinski definition) is 6. The van der Waals surface area contributed by atoms with Gasteiger partial charge in [0.15, 0.2) is 0 Å². The van der Waals surface area contributed by atoms with Crippen LogP contribution in [0.2, 0.25) is 0 Å². The predicted molar refractivity (Wildman–Crippen MR) is 49.9 cm³/mol. The van der Waals surface area contributed by atoms with Crippen LogP contribution in [0.1, 0.15) is 5.56 Å². The van der Waals surface area contributed by atoms with Crippen molar-refractivity contribution in [3.63, 3.8) is 0 Å². The second-order valence-electron chi connectivity index (χ2n) is 2.86. The van der Waals surface area contributed by atoms with Crippen LogP contribution in [0.3, 0.4) is 0 Å². The van der Waals surface area contributed by atoms with Crippen molar-refractivity contribution in [1.29, 1.82) is 0 Å². The summed E-state index contributed by atoms with van der Waals surface area (Å²) in [6.07, 6.45) is -5.03. The molecule has 0 bridgehead atoms. The first-order chi connectivity index (χ1) is 7.74. The van der Waals surface area contributed by atoms with Gasteiger partial charge in [0.05, 0.1) is 17.3 Å². The monoisotopic (exact) mass is 252 g/mol. The molecular weight excluding hydrogens is 245 g/mol. The number of halogens is 3. The van der Waals surface area contributed by atoms with Crippen molar-refractivity contribution in [2.45, 2.75) is 12.9 Å². The van der Waals surface area contributed by atoms with E-state index < -0.39 is 23.0 Å². The predicted octanol–water partition coefficient (Wildman–Crippen LogP) is 0.929. The van der Waals surface area contributed by atoms with E-state index in [1.54, 1.807) is 0 Å². The van der Waals surface area contributed by atoms with E-state index in [0.29, 0.717) is 0 Å². The van der Waals surface area contributed by atoms with Gasteiger partial charge in [0.1, 0.15) is 0 Å². The van der Waals surface area contributed by atoms with Gasteiger partial charge in [0.2, 0.25) is 0 Å². The highest BCUT2D eigenvalue weighted by Crippen LogP contribution is 2.30. The van der Waals surface area contributed by atoms with Crippen LogP contribution >= 0.6 is 0 Å². The third kappa shape index (κ3) is 3.17. The van der Waals surface area contributed by atoms with E-state index in [4.69, 9.17) is 11.5 Å². The smallest absolute Gasteiger partial charge is 0.398 e.